The summed E-state index contributed by atoms with van der Waals surface area (Å²) in [5, 5.41) is 3.95. The van der Waals surface area contributed by atoms with Crippen molar-refractivity contribution >= 4 is 22.7 Å². The number of hydrogen-bond donors (Lipinski definition) is 1. The van der Waals surface area contributed by atoms with Crippen molar-refractivity contribution in [2.24, 2.45) is 5.92 Å². The molecule has 0 aliphatic carbocycles. The number of amides is 2. The second-order valence-corrected chi connectivity index (χ2v) is 7.19. The van der Waals surface area contributed by atoms with E-state index in [1.165, 1.54) is 5.56 Å². The van der Waals surface area contributed by atoms with Crippen molar-refractivity contribution in [3.63, 3.8) is 0 Å². The molecule has 5 nitrogen and oxygen atoms in total. The predicted octanol–water partition coefficient (Wildman–Crippen LogP) is 2.46. The van der Waals surface area contributed by atoms with Crippen LogP contribution in [0.1, 0.15) is 41.4 Å². The standard InChI is InChI=1S/C20H23N3O2/c1-3-13-4-5-18-15(9-13)16(8-12(2)21-18)20(25)23-7-6-17-14(11-23)10-19(24)22-17/h4-5,8-9,14,17H,3,6-7,10-11H2,1-2H3,(H,22,24)/t14-,17+/m1/s1. The van der Waals surface area contributed by atoms with Gasteiger partial charge in [0.2, 0.25) is 5.91 Å². The first-order chi connectivity index (χ1) is 12.0. The Hall–Kier alpha value is -2.43. The fourth-order valence-corrected chi connectivity index (χ4v) is 4.09. The van der Waals surface area contributed by atoms with Gasteiger partial charge in [0.1, 0.15) is 0 Å². The third-order valence-electron chi connectivity index (χ3n) is 5.45. The van der Waals surface area contributed by atoms with Crippen LogP contribution in [0.4, 0.5) is 0 Å². The maximum Gasteiger partial charge on any atom is 0.254 e. The molecule has 25 heavy (non-hydrogen) atoms. The minimum atomic E-state index is 0.0570. The molecule has 0 radical (unpaired) electrons. The highest BCUT2D eigenvalue weighted by Crippen LogP contribution is 2.28. The van der Waals surface area contributed by atoms with Gasteiger partial charge in [-0.1, -0.05) is 13.0 Å². The second kappa shape index (κ2) is 6.14. The van der Waals surface area contributed by atoms with Crippen LogP contribution in [0.15, 0.2) is 24.3 Å². The van der Waals surface area contributed by atoms with Crippen molar-refractivity contribution in [3.05, 3.63) is 41.1 Å². The predicted molar refractivity (Wildman–Crippen MR) is 96.4 cm³/mol. The molecule has 4 rings (SSSR count). The molecular formula is C20H23N3O2. The Morgan fingerprint density at radius 3 is 3.00 bits per heavy atom. The molecule has 2 aliphatic heterocycles. The van der Waals surface area contributed by atoms with E-state index in [-0.39, 0.29) is 23.8 Å². The van der Waals surface area contributed by atoms with Gasteiger partial charge in [-0.05, 0) is 43.5 Å². The number of piperidine rings is 1. The number of rotatable bonds is 2. The van der Waals surface area contributed by atoms with E-state index in [0.717, 1.165) is 35.0 Å². The Morgan fingerprint density at radius 2 is 2.20 bits per heavy atom. The number of carbonyl (C=O) groups is 2. The highest BCUT2D eigenvalue weighted by molar-refractivity contribution is 6.06. The number of nitrogens with one attached hydrogen (secondary N) is 1. The highest BCUT2D eigenvalue weighted by atomic mass is 16.2. The topological polar surface area (TPSA) is 62.3 Å². The molecule has 2 fully saturated rings. The normalized spacial score (nSPS) is 22.8. The van der Waals surface area contributed by atoms with Crippen LogP contribution < -0.4 is 5.32 Å². The average Bonchev–Trinajstić information content (AvgIpc) is 2.99. The molecule has 2 amide bonds. The fraction of sp³-hybridized carbons (Fsp3) is 0.450. The van der Waals surface area contributed by atoms with E-state index in [1.807, 2.05) is 24.0 Å². The molecule has 2 saturated heterocycles. The lowest BCUT2D eigenvalue weighted by Gasteiger charge is -2.34. The van der Waals surface area contributed by atoms with Gasteiger partial charge in [0.05, 0.1) is 11.1 Å². The van der Waals surface area contributed by atoms with Crippen molar-refractivity contribution in [2.45, 2.75) is 39.2 Å². The number of benzene rings is 1. The third kappa shape index (κ3) is 2.88. The van der Waals surface area contributed by atoms with E-state index in [9.17, 15) is 9.59 Å². The van der Waals surface area contributed by atoms with E-state index >= 15 is 0 Å². The van der Waals surface area contributed by atoms with Gasteiger partial charge in [-0.15, -0.1) is 0 Å². The highest BCUT2D eigenvalue weighted by Gasteiger charge is 2.38. The van der Waals surface area contributed by atoms with Crippen LogP contribution in [0.25, 0.3) is 10.9 Å². The Labute approximate surface area is 147 Å². The summed E-state index contributed by atoms with van der Waals surface area (Å²) in [4.78, 5) is 31.3. The molecule has 0 saturated carbocycles. The molecule has 0 spiro atoms. The Bertz CT molecular complexity index is 861. The van der Waals surface area contributed by atoms with Crippen LogP contribution in [-0.4, -0.2) is 40.8 Å². The van der Waals surface area contributed by atoms with Crippen LogP contribution >= 0.6 is 0 Å². The second-order valence-electron chi connectivity index (χ2n) is 7.19. The van der Waals surface area contributed by atoms with Gasteiger partial charge in [0, 0.05) is 42.6 Å². The van der Waals surface area contributed by atoms with Gasteiger partial charge in [-0.3, -0.25) is 14.6 Å². The zero-order valence-corrected chi connectivity index (χ0v) is 14.7. The minimum Gasteiger partial charge on any atom is -0.353 e. The number of pyridine rings is 1. The summed E-state index contributed by atoms with van der Waals surface area (Å²) in [6.45, 7) is 5.38. The molecular weight excluding hydrogens is 314 g/mol. The Kier molecular flexibility index (Phi) is 3.94. The maximum absolute atomic E-state index is 13.2. The van der Waals surface area contributed by atoms with Crippen molar-refractivity contribution in [2.75, 3.05) is 13.1 Å². The lowest BCUT2D eigenvalue weighted by atomic mass is 9.92. The summed E-state index contributed by atoms with van der Waals surface area (Å²) in [6.07, 6.45) is 2.30. The van der Waals surface area contributed by atoms with E-state index in [4.69, 9.17) is 0 Å². The van der Waals surface area contributed by atoms with Crippen LogP contribution in [-0.2, 0) is 11.2 Å². The van der Waals surface area contributed by atoms with Gasteiger partial charge < -0.3 is 10.2 Å². The first-order valence-electron chi connectivity index (χ1n) is 9.04. The van der Waals surface area contributed by atoms with Crippen molar-refractivity contribution in [1.82, 2.24) is 15.2 Å². The molecule has 1 aromatic carbocycles. The van der Waals surface area contributed by atoms with Crippen molar-refractivity contribution in [3.8, 4) is 0 Å². The first kappa shape index (κ1) is 16.1. The average molecular weight is 337 g/mol. The van der Waals surface area contributed by atoms with E-state index < -0.39 is 0 Å². The minimum absolute atomic E-state index is 0.0570. The molecule has 130 valence electrons. The Balaban J connectivity index is 1.69. The monoisotopic (exact) mass is 337 g/mol. The van der Waals surface area contributed by atoms with Gasteiger partial charge in [-0.25, -0.2) is 0 Å². The quantitative estimate of drug-likeness (QED) is 0.916. The van der Waals surface area contributed by atoms with Gasteiger partial charge >= 0.3 is 0 Å². The number of carbonyl (C=O) groups excluding carboxylic acids is 2. The number of aryl methyl sites for hydroxylation is 2. The fourth-order valence-electron chi connectivity index (χ4n) is 4.09. The van der Waals surface area contributed by atoms with E-state index in [2.05, 4.69) is 29.4 Å². The zero-order valence-electron chi connectivity index (χ0n) is 14.7. The third-order valence-corrected chi connectivity index (χ3v) is 5.45. The van der Waals surface area contributed by atoms with Crippen molar-refractivity contribution in [1.29, 1.82) is 0 Å². The van der Waals surface area contributed by atoms with Crippen LogP contribution in [0.5, 0.6) is 0 Å². The molecule has 1 N–H and O–H groups in total. The molecule has 3 heterocycles. The summed E-state index contributed by atoms with van der Waals surface area (Å²) in [7, 11) is 0. The van der Waals surface area contributed by atoms with E-state index in [1.54, 1.807) is 0 Å². The number of hydrogen-bond acceptors (Lipinski definition) is 3. The number of nitrogens with zero attached hydrogens (tertiary/aromatic N) is 2. The van der Waals surface area contributed by atoms with Gasteiger partial charge in [0.25, 0.3) is 5.91 Å². The maximum atomic E-state index is 13.2. The molecule has 2 aliphatic rings. The molecule has 1 aromatic heterocycles. The lowest BCUT2D eigenvalue weighted by molar-refractivity contribution is -0.119. The first-order valence-corrected chi connectivity index (χ1v) is 9.04. The number of fused-ring (bicyclic) bond motifs is 2. The number of aromatic nitrogens is 1. The summed E-state index contributed by atoms with van der Waals surface area (Å²) in [5.74, 6) is 0.411. The molecule has 2 atom stereocenters. The lowest BCUT2D eigenvalue weighted by Crippen LogP contribution is -2.47. The van der Waals surface area contributed by atoms with Crippen molar-refractivity contribution < 1.29 is 9.59 Å². The summed E-state index contributed by atoms with van der Waals surface area (Å²) in [6, 6.07) is 8.30. The van der Waals surface area contributed by atoms with E-state index in [0.29, 0.717) is 19.5 Å². The molecule has 2 aromatic rings. The van der Waals surface area contributed by atoms with Crippen LogP contribution in [0.2, 0.25) is 0 Å². The summed E-state index contributed by atoms with van der Waals surface area (Å²) in [5.41, 5.74) is 3.66. The zero-order chi connectivity index (χ0) is 17.6. The largest absolute Gasteiger partial charge is 0.353 e. The Morgan fingerprint density at radius 1 is 1.36 bits per heavy atom. The summed E-state index contributed by atoms with van der Waals surface area (Å²) >= 11 is 0. The van der Waals surface area contributed by atoms with Gasteiger partial charge in [-0.2, -0.15) is 0 Å². The SMILES string of the molecule is CCc1ccc2nc(C)cc(C(=O)N3CC[C@@H]4NC(=O)C[C@@H]4C3)c2c1. The number of likely N-dealkylation sites (tertiary alicyclic amines) is 1. The molecule has 0 unspecified atom stereocenters. The molecule has 0 bridgehead atoms. The molecule has 5 heteroatoms. The van der Waals surface area contributed by atoms with Crippen LogP contribution in [0.3, 0.4) is 0 Å². The van der Waals surface area contributed by atoms with Gasteiger partial charge in [0.15, 0.2) is 0 Å². The van der Waals surface area contributed by atoms with Crippen LogP contribution in [0, 0.1) is 12.8 Å². The smallest absolute Gasteiger partial charge is 0.254 e. The summed E-state index contributed by atoms with van der Waals surface area (Å²) < 4.78 is 0.